The van der Waals surface area contributed by atoms with E-state index in [2.05, 4.69) is 26.2 Å². The van der Waals surface area contributed by atoms with Crippen molar-refractivity contribution in [3.05, 3.63) is 29.0 Å². The van der Waals surface area contributed by atoms with Crippen molar-refractivity contribution in [3.8, 4) is 0 Å². The van der Waals surface area contributed by atoms with Gasteiger partial charge in [-0.1, -0.05) is 15.9 Å². The zero-order valence-corrected chi connectivity index (χ0v) is 12.0. The highest BCUT2D eigenvalue weighted by molar-refractivity contribution is 9.10. The van der Waals surface area contributed by atoms with Crippen molar-refractivity contribution >= 4 is 33.5 Å². The van der Waals surface area contributed by atoms with Crippen LogP contribution in [0.2, 0.25) is 0 Å². The van der Waals surface area contributed by atoms with Gasteiger partial charge in [0.25, 0.3) is 0 Å². The van der Waals surface area contributed by atoms with Crippen LogP contribution in [-0.2, 0) is 4.74 Å². The van der Waals surface area contributed by atoms with Gasteiger partial charge in [-0.25, -0.2) is 9.78 Å². The van der Waals surface area contributed by atoms with Crippen LogP contribution in [0.5, 0.6) is 0 Å². The quantitative estimate of drug-likeness (QED) is 0.877. The number of nitrogens with zero attached hydrogens (tertiary/aromatic N) is 2. The highest BCUT2D eigenvalue weighted by Gasteiger charge is 2.17. The van der Waals surface area contributed by atoms with Gasteiger partial charge in [0.2, 0.25) is 0 Å². The Morgan fingerprint density at radius 2 is 2.22 bits per heavy atom. The van der Waals surface area contributed by atoms with Gasteiger partial charge in [-0.2, -0.15) is 0 Å². The SMILES string of the molecule is CC(C)(C)OC(=O)Nc1cn2ccc(Br)cc2n1. The lowest BCUT2D eigenvalue weighted by atomic mass is 10.2. The van der Waals surface area contributed by atoms with E-state index < -0.39 is 11.7 Å². The Bertz CT molecular complexity index is 587. The summed E-state index contributed by atoms with van der Waals surface area (Å²) in [6.07, 6.45) is 3.07. The number of fused-ring (bicyclic) bond motifs is 1. The molecular formula is C12H14BrN3O2. The standard InChI is InChI=1S/C12H14BrN3O2/c1-12(2,3)18-11(17)15-9-7-16-5-4-8(13)6-10(16)14-9/h4-7H,1-3H3,(H,15,17). The second kappa shape index (κ2) is 4.61. The molecule has 2 aromatic rings. The minimum Gasteiger partial charge on any atom is -0.444 e. The normalized spacial score (nSPS) is 11.6. The molecule has 0 aliphatic heterocycles. The second-order valence-corrected chi connectivity index (χ2v) is 5.78. The molecule has 1 amide bonds. The van der Waals surface area contributed by atoms with E-state index >= 15 is 0 Å². The first-order valence-electron chi connectivity index (χ1n) is 5.48. The molecule has 1 N–H and O–H groups in total. The summed E-state index contributed by atoms with van der Waals surface area (Å²) in [6.45, 7) is 5.44. The van der Waals surface area contributed by atoms with Gasteiger partial charge in [-0.05, 0) is 32.9 Å². The van der Waals surface area contributed by atoms with E-state index in [4.69, 9.17) is 4.74 Å². The molecule has 2 heterocycles. The Kier molecular flexibility index (Phi) is 3.30. The van der Waals surface area contributed by atoms with Crippen molar-refractivity contribution in [3.63, 3.8) is 0 Å². The lowest BCUT2D eigenvalue weighted by Gasteiger charge is -2.18. The first-order chi connectivity index (χ1) is 8.33. The third-order valence-electron chi connectivity index (χ3n) is 2.05. The topological polar surface area (TPSA) is 55.6 Å². The molecule has 6 heteroatoms. The van der Waals surface area contributed by atoms with Crippen LogP contribution in [0.15, 0.2) is 29.0 Å². The molecule has 0 fully saturated rings. The average molecular weight is 312 g/mol. The summed E-state index contributed by atoms with van der Waals surface area (Å²) in [4.78, 5) is 15.8. The number of nitrogens with one attached hydrogen (secondary N) is 1. The largest absolute Gasteiger partial charge is 0.444 e. The van der Waals surface area contributed by atoms with Crippen LogP contribution >= 0.6 is 15.9 Å². The van der Waals surface area contributed by atoms with E-state index in [1.54, 1.807) is 6.20 Å². The highest BCUT2D eigenvalue weighted by Crippen LogP contribution is 2.16. The van der Waals surface area contributed by atoms with E-state index in [1.165, 1.54) is 0 Å². The van der Waals surface area contributed by atoms with Gasteiger partial charge in [0.15, 0.2) is 5.82 Å². The number of pyridine rings is 1. The molecular weight excluding hydrogens is 298 g/mol. The number of halogens is 1. The molecule has 0 unspecified atom stereocenters. The van der Waals surface area contributed by atoms with Crippen molar-refractivity contribution in [2.75, 3.05) is 5.32 Å². The summed E-state index contributed by atoms with van der Waals surface area (Å²) in [6, 6.07) is 3.76. The molecule has 0 bridgehead atoms. The molecule has 0 aliphatic rings. The van der Waals surface area contributed by atoms with Crippen LogP contribution in [0.1, 0.15) is 20.8 Å². The average Bonchev–Trinajstić information content (AvgIpc) is 2.55. The molecule has 0 radical (unpaired) electrons. The molecule has 0 atom stereocenters. The van der Waals surface area contributed by atoms with Gasteiger partial charge in [0.05, 0.1) is 6.20 Å². The van der Waals surface area contributed by atoms with Gasteiger partial charge in [0.1, 0.15) is 11.2 Å². The highest BCUT2D eigenvalue weighted by atomic mass is 79.9. The second-order valence-electron chi connectivity index (χ2n) is 4.86. The number of carbonyl (C=O) groups is 1. The Hall–Kier alpha value is -1.56. The number of anilines is 1. The first-order valence-corrected chi connectivity index (χ1v) is 6.27. The number of amides is 1. The molecule has 0 aromatic carbocycles. The van der Waals surface area contributed by atoms with Crippen LogP contribution < -0.4 is 5.32 Å². The van der Waals surface area contributed by atoms with E-state index in [1.807, 2.05) is 43.5 Å². The zero-order chi connectivity index (χ0) is 13.3. The van der Waals surface area contributed by atoms with Crippen LogP contribution in [0, 0.1) is 0 Å². The summed E-state index contributed by atoms with van der Waals surface area (Å²) in [7, 11) is 0. The fourth-order valence-corrected chi connectivity index (χ4v) is 1.75. The minimum absolute atomic E-state index is 0.461. The molecule has 0 saturated carbocycles. The van der Waals surface area contributed by atoms with E-state index in [-0.39, 0.29) is 0 Å². The molecule has 96 valence electrons. The van der Waals surface area contributed by atoms with Gasteiger partial charge >= 0.3 is 6.09 Å². The first kappa shape index (κ1) is 12.9. The summed E-state index contributed by atoms with van der Waals surface area (Å²) in [5, 5.41) is 2.60. The smallest absolute Gasteiger partial charge is 0.413 e. The van der Waals surface area contributed by atoms with Crippen molar-refractivity contribution in [2.45, 2.75) is 26.4 Å². The lowest BCUT2D eigenvalue weighted by molar-refractivity contribution is 0.0635. The fourth-order valence-electron chi connectivity index (χ4n) is 1.43. The number of hydrogen-bond donors (Lipinski definition) is 1. The number of hydrogen-bond acceptors (Lipinski definition) is 3. The number of carbonyl (C=O) groups excluding carboxylic acids is 1. The van der Waals surface area contributed by atoms with Crippen molar-refractivity contribution < 1.29 is 9.53 Å². The lowest BCUT2D eigenvalue weighted by Crippen LogP contribution is -2.27. The maximum atomic E-state index is 11.6. The Labute approximate surface area is 113 Å². The third-order valence-corrected chi connectivity index (χ3v) is 2.54. The molecule has 2 aromatic heterocycles. The van der Waals surface area contributed by atoms with Crippen LogP contribution in [0.3, 0.4) is 0 Å². The third kappa shape index (κ3) is 3.22. The van der Waals surface area contributed by atoms with E-state index in [0.29, 0.717) is 5.82 Å². The Morgan fingerprint density at radius 1 is 1.50 bits per heavy atom. The Morgan fingerprint density at radius 3 is 2.89 bits per heavy atom. The maximum absolute atomic E-state index is 11.6. The molecule has 0 saturated heterocycles. The van der Waals surface area contributed by atoms with Crippen molar-refractivity contribution in [1.82, 2.24) is 9.38 Å². The van der Waals surface area contributed by atoms with Crippen molar-refractivity contribution in [2.24, 2.45) is 0 Å². The fraction of sp³-hybridized carbons (Fsp3) is 0.333. The van der Waals surface area contributed by atoms with Gasteiger partial charge in [-0.3, -0.25) is 5.32 Å². The predicted molar refractivity (Wildman–Crippen MR) is 72.7 cm³/mol. The summed E-state index contributed by atoms with van der Waals surface area (Å²) < 4.78 is 7.90. The summed E-state index contributed by atoms with van der Waals surface area (Å²) in [5.74, 6) is 0.461. The number of rotatable bonds is 1. The predicted octanol–water partition coefficient (Wildman–Crippen LogP) is 3.44. The van der Waals surface area contributed by atoms with Crippen molar-refractivity contribution in [1.29, 1.82) is 0 Å². The van der Waals surface area contributed by atoms with E-state index in [9.17, 15) is 4.79 Å². The maximum Gasteiger partial charge on any atom is 0.413 e. The summed E-state index contributed by atoms with van der Waals surface area (Å²) >= 11 is 3.37. The molecule has 18 heavy (non-hydrogen) atoms. The number of imidazole rings is 1. The van der Waals surface area contributed by atoms with Crippen LogP contribution in [0.4, 0.5) is 10.6 Å². The molecule has 0 spiro atoms. The Balaban J connectivity index is 2.15. The van der Waals surface area contributed by atoms with Crippen LogP contribution in [-0.4, -0.2) is 21.1 Å². The van der Waals surface area contributed by atoms with Gasteiger partial charge in [0, 0.05) is 10.7 Å². The number of aromatic nitrogens is 2. The number of ether oxygens (including phenoxy) is 1. The van der Waals surface area contributed by atoms with Gasteiger partial charge < -0.3 is 9.14 Å². The van der Waals surface area contributed by atoms with E-state index in [0.717, 1.165) is 10.1 Å². The van der Waals surface area contributed by atoms with Crippen LogP contribution in [0.25, 0.3) is 5.65 Å². The van der Waals surface area contributed by atoms with Gasteiger partial charge in [-0.15, -0.1) is 0 Å². The minimum atomic E-state index is -0.522. The molecule has 0 aliphatic carbocycles. The molecule has 5 nitrogen and oxygen atoms in total. The monoisotopic (exact) mass is 311 g/mol. The summed E-state index contributed by atoms with van der Waals surface area (Å²) in [5.41, 5.74) is 0.224. The molecule has 2 rings (SSSR count). The zero-order valence-electron chi connectivity index (χ0n) is 10.4.